The molecular weight excluding hydrogens is 348 g/mol. The highest BCUT2D eigenvalue weighted by atomic mass is 32.1. The van der Waals surface area contributed by atoms with E-state index in [-0.39, 0.29) is 30.8 Å². The van der Waals surface area contributed by atoms with E-state index >= 15 is 0 Å². The van der Waals surface area contributed by atoms with Crippen LogP contribution in [0.3, 0.4) is 0 Å². The zero-order valence-electron chi connectivity index (χ0n) is 13.0. The Bertz CT molecular complexity index is 733. The van der Waals surface area contributed by atoms with E-state index in [1.54, 1.807) is 21.1 Å². The van der Waals surface area contributed by atoms with E-state index in [0.29, 0.717) is 26.2 Å². The van der Waals surface area contributed by atoms with Gasteiger partial charge in [-0.15, -0.1) is 22.7 Å². The molecule has 0 aromatic carbocycles. The number of carbonyl (C=O) groups is 3. The molecule has 128 valence electrons. The normalized spacial score (nSPS) is 14.9. The van der Waals surface area contributed by atoms with Crippen LogP contribution in [0.1, 0.15) is 9.67 Å². The summed E-state index contributed by atoms with van der Waals surface area (Å²) in [4.78, 5) is 39.9. The highest BCUT2D eigenvalue weighted by Crippen LogP contribution is 2.30. The topological polar surface area (TPSA) is 95.7 Å². The minimum absolute atomic E-state index is 0.0203. The van der Waals surface area contributed by atoms with Crippen molar-refractivity contribution in [2.75, 3.05) is 39.3 Å². The highest BCUT2D eigenvalue weighted by Gasteiger charge is 2.25. The predicted octanol–water partition coefficient (Wildman–Crippen LogP) is 0.322. The Hall–Kier alpha value is -1.97. The zero-order chi connectivity index (χ0) is 17.1. The van der Waals surface area contributed by atoms with Crippen LogP contribution in [0.4, 0.5) is 0 Å². The molecule has 7 nitrogen and oxygen atoms in total. The summed E-state index contributed by atoms with van der Waals surface area (Å²) in [5.74, 6) is -0.484. The van der Waals surface area contributed by atoms with Crippen molar-refractivity contribution in [2.24, 2.45) is 5.73 Å². The van der Waals surface area contributed by atoms with E-state index in [9.17, 15) is 14.4 Å². The van der Waals surface area contributed by atoms with E-state index in [1.165, 1.54) is 11.3 Å². The van der Waals surface area contributed by atoms with Gasteiger partial charge in [-0.3, -0.25) is 14.4 Å². The molecule has 0 aliphatic carbocycles. The molecule has 1 fully saturated rings. The molecule has 3 N–H and O–H groups in total. The van der Waals surface area contributed by atoms with E-state index in [1.807, 2.05) is 17.5 Å². The summed E-state index contributed by atoms with van der Waals surface area (Å²) in [5, 5.41) is 4.49. The molecule has 1 aliphatic heterocycles. The SMILES string of the molecule is NCC(=O)NCC(=O)N1CCN(C(=O)c2cc3sccc3s2)CC1. The minimum atomic E-state index is -0.352. The van der Waals surface area contributed by atoms with Crippen LogP contribution in [0, 0.1) is 0 Å². The lowest BCUT2D eigenvalue weighted by molar-refractivity contribution is -0.133. The molecule has 1 saturated heterocycles. The molecule has 0 atom stereocenters. The maximum Gasteiger partial charge on any atom is 0.264 e. The molecule has 3 rings (SSSR count). The van der Waals surface area contributed by atoms with E-state index in [4.69, 9.17) is 5.73 Å². The predicted molar refractivity (Wildman–Crippen MR) is 94.2 cm³/mol. The van der Waals surface area contributed by atoms with Crippen LogP contribution in [0.15, 0.2) is 17.5 Å². The van der Waals surface area contributed by atoms with Gasteiger partial charge in [0.25, 0.3) is 5.91 Å². The number of carbonyl (C=O) groups excluding carboxylic acids is 3. The molecule has 9 heteroatoms. The monoisotopic (exact) mass is 366 g/mol. The molecule has 0 spiro atoms. The summed E-state index contributed by atoms with van der Waals surface area (Å²) in [5.41, 5.74) is 5.18. The lowest BCUT2D eigenvalue weighted by atomic mass is 10.3. The first-order chi connectivity index (χ1) is 11.6. The van der Waals surface area contributed by atoms with Crippen molar-refractivity contribution in [1.82, 2.24) is 15.1 Å². The molecule has 2 aromatic rings. The molecular formula is C15H18N4O3S2. The van der Waals surface area contributed by atoms with Crippen molar-refractivity contribution in [3.63, 3.8) is 0 Å². The van der Waals surface area contributed by atoms with Crippen LogP contribution in [-0.4, -0.2) is 66.8 Å². The first kappa shape index (κ1) is 16.9. The number of piperazine rings is 1. The van der Waals surface area contributed by atoms with Gasteiger partial charge in [0.15, 0.2) is 0 Å². The lowest BCUT2D eigenvalue weighted by Gasteiger charge is -2.34. The Labute approximate surface area is 147 Å². The molecule has 2 aromatic heterocycles. The molecule has 0 saturated carbocycles. The van der Waals surface area contributed by atoms with Crippen molar-refractivity contribution < 1.29 is 14.4 Å². The summed E-state index contributed by atoms with van der Waals surface area (Å²) < 4.78 is 2.26. The molecule has 0 unspecified atom stereocenters. The molecule has 3 amide bonds. The number of nitrogens with one attached hydrogen (secondary N) is 1. The largest absolute Gasteiger partial charge is 0.346 e. The second kappa shape index (κ2) is 7.29. The fourth-order valence-corrected chi connectivity index (χ4v) is 4.62. The highest BCUT2D eigenvalue weighted by molar-refractivity contribution is 7.27. The Morgan fingerprint density at radius 2 is 1.83 bits per heavy atom. The van der Waals surface area contributed by atoms with Crippen LogP contribution < -0.4 is 11.1 Å². The van der Waals surface area contributed by atoms with Gasteiger partial charge in [-0.1, -0.05) is 0 Å². The summed E-state index contributed by atoms with van der Waals surface area (Å²) >= 11 is 3.14. The van der Waals surface area contributed by atoms with Gasteiger partial charge in [0.1, 0.15) is 0 Å². The van der Waals surface area contributed by atoms with Crippen LogP contribution in [-0.2, 0) is 9.59 Å². The van der Waals surface area contributed by atoms with Gasteiger partial charge in [0, 0.05) is 35.6 Å². The van der Waals surface area contributed by atoms with Crippen LogP contribution in [0.2, 0.25) is 0 Å². The summed E-state index contributed by atoms with van der Waals surface area (Å²) in [6, 6.07) is 3.96. The van der Waals surface area contributed by atoms with Gasteiger partial charge in [0.2, 0.25) is 11.8 Å². The summed E-state index contributed by atoms with van der Waals surface area (Å²) in [6.45, 7) is 1.77. The fraction of sp³-hybridized carbons (Fsp3) is 0.400. The van der Waals surface area contributed by atoms with E-state index < -0.39 is 0 Å². The number of rotatable bonds is 4. The zero-order valence-corrected chi connectivity index (χ0v) is 14.6. The third-order valence-corrected chi connectivity index (χ3v) is 5.97. The van der Waals surface area contributed by atoms with Gasteiger partial charge in [0.05, 0.1) is 18.0 Å². The average molecular weight is 366 g/mol. The van der Waals surface area contributed by atoms with Crippen molar-refractivity contribution in [3.8, 4) is 0 Å². The third-order valence-electron chi connectivity index (χ3n) is 3.89. The Morgan fingerprint density at radius 3 is 2.50 bits per heavy atom. The second-order valence-electron chi connectivity index (χ2n) is 5.41. The molecule has 1 aliphatic rings. The third kappa shape index (κ3) is 3.58. The fourth-order valence-electron chi connectivity index (χ4n) is 2.54. The van der Waals surface area contributed by atoms with Crippen molar-refractivity contribution >= 4 is 49.8 Å². The first-order valence-corrected chi connectivity index (χ1v) is 9.29. The summed E-state index contributed by atoms with van der Waals surface area (Å²) in [6.07, 6.45) is 0. The number of nitrogens with two attached hydrogens (primary N) is 1. The molecule has 3 heterocycles. The van der Waals surface area contributed by atoms with Crippen LogP contribution in [0.25, 0.3) is 9.40 Å². The van der Waals surface area contributed by atoms with Crippen molar-refractivity contribution in [1.29, 1.82) is 0 Å². The van der Waals surface area contributed by atoms with Gasteiger partial charge in [-0.25, -0.2) is 0 Å². The van der Waals surface area contributed by atoms with Gasteiger partial charge in [-0.05, 0) is 17.5 Å². The smallest absolute Gasteiger partial charge is 0.264 e. The second-order valence-corrected chi connectivity index (χ2v) is 7.45. The maximum absolute atomic E-state index is 12.6. The van der Waals surface area contributed by atoms with Gasteiger partial charge >= 0.3 is 0 Å². The number of amides is 3. The maximum atomic E-state index is 12.6. The van der Waals surface area contributed by atoms with Gasteiger partial charge < -0.3 is 20.9 Å². The Balaban J connectivity index is 1.52. The molecule has 24 heavy (non-hydrogen) atoms. The van der Waals surface area contributed by atoms with Crippen molar-refractivity contribution in [3.05, 3.63) is 22.4 Å². The van der Waals surface area contributed by atoms with Crippen LogP contribution in [0.5, 0.6) is 0 Å². The van der Waals surface area contributed by atoms with Crippen molar-refractivity contribution in [2.45, 2.75) is 0 Å². The van der Waals surface area contributed by atoms with E-state index in [0.717, 1.165) is 14.3 Å². The average Bonchev–Trinajstić information content (AvgIpc) is 3.20. The number of hydrogen-bond donors (Lipinski definition) is 2. The quantitative estimate of drug-likeness (QED) is 0.815. The number of thiophene rings is 2. The lowest BCUT2D eigenvalue weighted by Crippen LogP contribution is -2.52. The standard InChI is InChI=1S/C15H18N4O3S2/c16-8-13(20)17-9-14(21)18-2-4-19(5-3-18)15(22)12-7-11-10(24-12)1-6-23-11/h1,6-7H,2-5,8-9,16H2,(H,17,20). The van der Waals surface area contributed by atoms with Gasteiger partial charge in [-0.2, -0.15) is 0 Å². The Kier molecular flexibility index (Phi) is 5.12. The Morgan fingerprint density at radius 1 is 1.12 bits per heavy atom. The summed E-state index contributed by atoms with van der Waals surface area (Å²) in [7, 11) is 0. The van der Waals surface area contributed by atoms with Crippen LogP contribution >= 0.6 is 22.7 Å². The minimum Gasteiger partial charge on any atom is -0.346 e. The number of nitrogens with zero attached hydrogens (tertiary/aromatic N) is 2. The molecule has 0 radical (unpaired) electrons. The number of fused-ring (bicyclic) bond motifs is 1. The van der Waals surface area contributed by atoms with E-state index in [2.05, 4.69) is 5.32 Å². The number of hydrogen-bond acceptors (Lipinski definition) is 6. The molecule has 0 bridgehead atoms. The first-order valence-electron chi connectivity index (χ1n) is 7.59.